The molecule has 19 heavy (non-hydrogen) atoms. The van der Waals surface area contributed by atoms with Gasteiger partial charge in [0.1, 0.15) is 5.82 Å². The minimum absolute atomic E-state index is 0.310. The van der Waals surface area contributed by atoms with Gasteiger partial charge in [0.2, 0.25) is 0 Å². The fraction of sp³-hybridized carbons (Fsp3) is 0.143. The van der Waals surface area contributed by atoms with Crippen molar-refractivity contribution in [1.29, 1.82) is 0 Å². The molecule has 1 atom stereocenters. The van der Waals surface area contributed by atoms with Gasteiger partial charge in [-0.1, -0.05) is 37.9 Å². The van der Waals surface area contributed by atoms with Gasteiger partial charge in [-0.2, -0.15) is 0 Å². The molecule has 0 fully saturated rings. The van der Waals surface area contributed by atoms with E-state index in [0.29, 0.717) is 17.5 Å². The van der Waals surface area contributed by atoms with Gasteiger partial charge >= 0.3 is 0 Å². The summed E-state index contributed by atoms with van der Waals surface area (Å²) in [6.07, 6.45) is 0.366. The van der Waals surface area contributed by atoms with Crippen LogP contribution >= 0.6 is 31.9 Å². The number of benzene rings is 2. The van der Waals surface area contributed by atoms with Crippen LogP contribution < -0.4 is 0 Å². The smallest absolute Gasteiger partial charge is 0.159 e. The first-order chi connectivity index (χ1) is 8.97. The van der Waals surface area contributed by atoms with Gasteiger partial charge in [-0.3, -0.25) is 0 Å². The van der Waals surface area contributed by atoms with Crippen LogP contribution in [0, 0.1) is 17.5 Å². The molecule has 0 spiro atoms. The largest absolute Gasteiger partial charge is 0.207 e. The third-order valence-electron chi connectivity index (χ3n) is 2.69. The summed E-state index contributed by atoms with van der Waals surface area (Å²) in [6, 6.07) is 8.31. The minimum Gasteiger partial charge on any atom is -0.207 e. The topological polar surface area (TPSA) is 0 Å². The Balaban J connectivity index is 2.22. The molecule has 0 amide bonds. The molecule has 0 aliphatic carbocycles. The Kier molecular flexibility index (Phi) is 4.68. The fourth-order valence-corrected chi connectivity index (χ4v) is 2.84. The zero-order valence-corrected chi connectivity index (χ0v) is 12.8. The normalized spacial score (nSPS) is 12.5. The maximum absolute atomic E-state index is 13.7. The number of hydrogen-bond acceptors (Lipinski definition) is 0. The first-order valence-electron chi connectivity index (χ1n) is 5.50. The molecule has 5 heteroatoms. The predicted octanol–water partition coefficient (Wildman–Crippen LogP) is 5.55. The maximum atomic E-state index is 13.7. The van der Waals surface area contributed by atoms with Crippen molar-refractivity contribution in [2.24, 2.45) is 0 Å². The van der Waals surface area contributed by atoms with Gasteiger partial charge in [-0.25, -0.2) is 13.2 Å². The zero-order chi connectivity index (χ0) is 14.0. The molecule has 0 bridgehead atoms. The van der Waals surface area contributed by atoms with Crippen LogP contribution in [0.1, 0.15) is 16.0 Å². The molecule has 0 heterocycles. The van der Waals surface area contributed by atoms with Crippen molar-refractivity contribution < 1.29 is 13.2 Å². The SMILES string of the molecule is Fc1ccc(CC(Br)c2cc(Br)ccc2F)cc1F. The lowest BCUT2D eigenvalue weighted by Crippen LogP contribution is -2.00. The van der Waals surface area contributed by atoms with E-state index in [0.717, 1.165) is 16.6 Å². The van der Waals surface area contributed by atoms with Crippen molar-refractivity contribution in [2.75, 3.05) is 0 Å². The van der Waals surface area contributed by atoms with Crippen molar-refractivity contribution in [1.82, 2.24) is 0 Å². The average Bonchev–Trinajstić information content (AvgIpc) is 2.36. The summed E-state index contributed by atoms with van der Waals surface area (Å²) in [7, 11) is 0. The quantitative estimate of drug-likeness (QED) is 0.600. The standard InChI is InChI=1S/C14H9Br2F3/c15-9-2-4-12(17)10(7-9)11(16)5-8-1-3-13(18)14(19)6-8/h1-4,6-7,11H,5H2. The zero-order valence-electron chi connectivity index (χ0n) is 9.64. The molecule has 0 saturated carbocycles. The summed E-state index contributed by atoms with van der Waals surface area (Å²) in [6.45, 7) is 0. The molecule has 1 unspecified atom stereocenters. The average molecular weight is 394 g/mol. The molecule has 0 saturated heterocycles. The molecular formula is C14H9Br2F3. The van der Waals surface area contributed by atoms with Gasteiger partial charge in [0.25, 0.3) is 0 Å². The van der Waals surface area contributed by atoms with Gasteiger partial charge in [-0.15, -0.1) is 0 Å². The lowest BCUT2D eigenvalue weighted by atomic mass is 10.0. The first-order valence-corrected chi connectivity index (χ1v) is 7.21. The van der Waals surface area contributed by atoms with Crippen molar-refractivity contribution in [2.45, 2.75) is 11.2 Å². The Morgan fingerprint density at radius 3 is 2.26 bits per heavy atom. The van der Waals surface area contributed by atoms with E-state index in [1.54, 1.807) is 12.1 Å². The summed E-state index contributed by atoms with van der Waals surface area (Å²) in [5.41, 5.74) is 1.07. The molecule has 0 nitrogen and oxygen atoms in total. The van der Waals surface area contributed by atoms with Crippen LogP contribution in [0.5, 0.6) is 0 Å². The summed E-state index contributed by atoms with van der Waals surface area (Å²) in [4.78, 5) is -0.310. The van der Waals surface area contributed by atoms with E-state index in [1.165, 1.54) is 12.1 Å². The van der Waals surface area contributed by atoms with Crippen LogP contribution in [0.3, 0.4) is 0 Å². The molecule has 100 valence electrons. The summed E-state index contributed by atoms with van der Waals surface area (Å²) < 4.78 is 40.4. The number of alkyl halides is 1. The molecule has 0 radical (unpaired) electrons. The Morgan fingerprint density at radius 1 is 0.895 bits per heavy atom. The van der Waals surface area contributed by atoms with E-state index in [2.05, 4.69) is 31.9 Å². The Labute approximate surface area is 125 Å². The van der Waals surface area contributed by atoms with Crippen molar-refractivity contribution in [3.8, 4) is 0 Å². The lowest BCUT2D eigenvalue weighted by molar-refractivity contribution is 0.507. The maximum Gasteiger partial charge on any atom is 0.159 e. The first kappa shape index (κ1) is 14.6. The minimum atomic E-state index is -0.896. The predicted molar refractivity (Wildman–Crippen MR) is 75.8 cm³/mol. The van der Waals surface area contributed by atoms with Crippen LogP contribution in [0.2, 0.25) is 0 Å². The summed E-state index contributed by atoms with van der Waals surface area (Å²) >= 11 is 6.65. The Hall–Kier alpha value is -0.810. The van der Waals surface area contributed by atoms with Crippen LogP contribution in [-0.2, 0) is 6.42 Å². The second-order valence-corrected chi connectivity index (χ2v) is 6.11. The highest BCUT2D eigenvalue weighted by Crippen LogP contribution is 2.31. The van der Waals surface area contributed by atoms with Gasteiger partial charge < -0.3 is 0 Å². The molecule has 0 aliphatic heterocycles. The van der Waals surface area contributed by atoms with E-state index in [-0.39, 0.29) is 10.6 Å². The third-order valence-corrected chi connectivity index (χ3v) is 4.00. The monoisotopic (exact) mass is 392 g/mol. The second-order valence-electron chi connectivity index (χ2n) is 4.09. The molecule has 2 rings (SSSR count). The van der Waals surface area contributed by atoms with Gasteiger partial charge in [0.15, 0.2) is 11.6 Å². The Bertz CT molecular complexity index is 599. The molecule has 0 aliphatic rings. The van der Waals surface area contributed by atoms with Crippen molar-refractivity contribution in [3.05, 3.63) is 69.4 Å². The highest BCUT2D eigenvalue weighted by atomic mass is 79.9. The van der Waals surface area contributed by atoms with E-state index < -0.39 is 11.6 Å². The molecular weight excluding hydrogens is 385 g/mol. The second kappa shape index (κ2) is 6.09. The van der Waals surface area contributed by atoms with E-state index in [9.17, 15) is 13.2 Å². The molecule has 2 aromatic carbocycles. The third kappa shape index (κ3) is 3.60. The lowest BCUT2D eigenvalue weighted by Gasteiger charge is -2.12. The Morgan fingerprint density at radius 2 is 1.58 bits per heavy atom. The fourth-order valence-electron chi connectivity index (χ4n) is 1.74. The van der Waals surface area contributed by atoms with Crippen LogP contribution in [0.25, 0.3) is 0 Å². The number of rotatable bonds is 3. The summed E-state index contributed by atoms with van der Waals surface area (Å²) in [5, 5.41) is 0. The van der Waals surface area contributed by atoms with Crippen LogP contribution in [-0.4, -0.2) is 0 Å². The van der Waals surface area contributed by atoms with E-state index in [4.69, 9.17) is 0 Å². The van der Waals surface area contributed by atoms with Crippen LogP contribution in [0.15, 0.2) is 40.9 Å². The van der Waals surface area contributed by atoms with Crippen molar-refractivity contribution in [3.63, 3.8) is 0 Å². The molecule has 0 aromatic heterocycles. The highest BCUT2D eigenvalue weighted by Gasteiger charge is 2.14. The van der Waals surface area contributed by atoms with Crippen LogP contribution in [0.4, 0.5) is 13.2 Å². The molecule has 2 aromatic rings. The summed E-state index contributed by atoms with van der Waals surface area (Å²) in [5.74, 6) is -2.12. The highest BCUT2D eigenvalue weighted by molar-refractivity contribution is 9.10. The van der Waals surface area contributed by atoms with Gasteiger partial charge in [0.05, 0.1) is 0 Å². The van der Waals surface area contributed by atoms with E-state index in [1.807, 2.05) is 0 Å². The van der Waals surface area contributed by atoms with Gasteiger partial charge in [-0.05, 0) is 42.3 Å². The molecule has 0 N–H and O–H groups in total. The van der Waals surface area contributed by atoms with E-state index >= 15 is 0 Å². The van der Waals surface area contributed by atoms with Gasteiger partial charge in [0, 0.05) is 14.9 Å². The number of halogens is 5. The van der Waals surface area contributed by atoms with Crippen molar-refractivity contribution >= 4 is 31.9 Å². The number of hydrogen-bond donors (Lipinski definition) is 0.